The van der Waals surface area contributed by atoms with E-state index >= 15 is 0 Å². The standard InChI is InChI=1S/C13H20N2O2/c1-11(8-9-17-2)15-13(16)10-14-12-6-4-3-5-7-12/h3-7,11,14H,8-10H2,1-2H3,(H,15,16). The van der Waals surface area contributed by atoms with Crippen LogP contribution in [0.2, 0.25) is 0 Å². The molecule has 1 unspecified atom stereocenters. The number of carbonyl (C=O) groups is 1. The zero-order valence-electron chi connectivity index (χ0n) is 10.4. The zero-order valence-corrected chi connectivity index (χ0v) is 10.4. The lowest BCUT2D eigenvalue weighted by molar-refractivity contribution is -0.120. The third-order valence-electron chi connectivity index (χ3n) is 2.39. The molecule has 0 bridgehead atoms. The second kappa shape index (κ2) is 7.68. The van der Waals surface area contributed by atoms with Crippen LogP contribution in [-0.4, -0.2) is 32.2 Å². The fourth-order valence-corrected chi connectivity index (χ4v) is 1.43. The van der Waals surface area contributed by atoms with Crippen molar-refractivity contribution in [3.63, 3.8) is 0 Å². The number of benzene rings is 1. The van der Waals surface area contributed by atoms with Gasteiger partial charge >= 0.3 is 0 Å². The largest absolute Gasteiger partial charge is 0.385 e. The van der Waals surface area contributed by atoms with Gasteiger partial charge < -0.3 is 15.4 Å². The van der Waals surface area contributed by atoms with Crippen LogP contribution in [0.5, 0.6) is 0 Å². The average molecular weight is 236 g/mol. The molecule has 94 valence electrons. The molecule has 1 aromatic rings. The second-order valence-electron chi connectivity index (χ2n) is 3.97. The van der Waals surface area contributed by atoms with Crippen LogP contribution < -0.4 is 10.6 Å². The highest BCUT2D eigenvalue weighted by Crippen LogP contribution is 2.03. The topological polar surface area (TPSA) is 50.4 Å². The normalized spacial score (nSPS) is 11.9. The first-order chi connectivity index (χ1) is 8.22. The van der Waals surface area contributed by atoms with E-state index in [2.05, 4.69) is 10.6 Å². The van der Waals surface area contributed by atoms with E-state index in [1.165, 1.54) is 0 Å². The first-order valence-electron chi connectivity index (χ1n) is 5.79. The third kappa shape index (κ3) is 5.92. The molecule has 0 aliphatic heterocycles. The fraction of sp³-hybridized carbons (Fsp3) is 0.462. The Morgan fingerprint density at radius 3 is 2.71 bits per heavy atom. The lowest BCUT2D eigenvalue weighted by atomic mass is 10.2. The van der Waals surface area contributed by atoms with Crippen LogP contribution in [0.15, 0.2) is 30.3 Å². The molecule has 1 amide bonds. The maximum absolute atomic E-state index is 11.6. The molecule has 2 N–H and O–H groups in total. The lowest BCUT2D eigenvalue weighted by Gasteiger charge is -2.14. The second-order valence-corrected chi connectivity index (χ2v) is 3.97. The molecule has 1 aromatic carbocycles. The highest BCUT2D eigenvalue weighted by molar-refractivity contribution is 5.80. The van der Waals surface area contributed by atoms with E-state index in [0.717, 1.165) is 12.1 Å². The minimum Gasteiger partial charge on any atom is -0.385 e. The van der Waals surface area contributed by atoms with Crippen molar-refractivity contribution in [2.24, 2.45) is 0 Å². The van der Waals surface area contributed by atoms with Crippen molar-refractivity contribution in [3.05, 3.63) is 30.3 Å². The molecule has 1 rings (SSSR count). The molecule has 0 saturated carbocycles. The number of nitrogens with one attached hydrogen (secondary N) is 2. The van der Waals surface area contributed by atoms with Crippen LogP contribution >= 0.6 is 0 Å². The SMILES string of the molecule is COCCC(C)NC(=O)CNc1ccccc1. The van der Waals surface area contributed by atoms with E-state index in [9.17, 15) is 4.79 Å². The number of methoxy groups -OCH3 is 1. The summed E-state index contributed by atoms with van der Waals surface area (Å²) in [5.74, 6) is -0.00236. The molecule has 17 heavy (non-hydrogen) atoms. The van der Waals surface area contributed by atoms with Crippen LogP contribution in [0.4, 0.5) is 5.69 Å². The Balaban J connectivity index is 2.21. The molecular formula is C13H20N2O2. The van der Waals surface area contributed by atoms with Crippen molar-refractivity contribution in [2.45, 2.75) is 19.4 Å². The van der Waals surface area contributed by atoms with Gasteiger partial charge in [0.05, 0.1) is 6.54 Å². The molecule has 0 aliphatic carbocycles. The number of hydrogen-bond donors (Lipinski definition) is 2. The molecule has 0 fully saturated rings. The number of ether oxygens (including phenoxy) is 1. The maximum Gasteiger partial charge on any atom is 0.239 e. The Morgan fingerprint density at radius 1 is 1.35 bits per heavy atom. The van der Waals surface area contributed by atoms with Crippen molar-refractivity contribution in [3.8, 4) is 0 Å². The van der Waals surface area contributed by atoms with Gasteiger partial charge in [0.15, 0.2) is 0 Å². The Hall–Kier alpha value is -1.55. The molecule has 1 atom stereocenters. The smallest absolute Gasteiger partial charge is 0.239 e. The number of anilines is 1. The summed E-state index contributed by atoms with van der Waals surface area (Å²) in [5.41, 5.74) is 0.951. The summed E-state index contributed by atoms with van der Waals surface area (Å²) in [5, 5.41) is 5.97. The van der Waals surface area contributed by atoms with Crippen molar-refractivity contribution < 1.29 is 9.53 Å². The van der Waals surface area contributed by atoms with Crippen LogP contribution in [0.1, 0.15) is 13.3 Å². The highest BCUT2D eigenvalue weighted by atomic mass is 16.5. The fourth-order valence-electron chi connectivity index (χ4n) is 1.43. The van der Waals surface area contributed by atoms with Gasteiger partial charge in [-0.2, -0.15) is 0 Å². The minimum absolute atomic E-state index is 0.00236. The average Bonchev–Trinajstić information content (AvgIpc) is 2.35. The summed E-state index contributed by atoms with van der Waals surface area (Å²) in [4.78, 5) is 11.6. The van der Waals surface area contributed by atoms with Crippen molar-refractivity contribution in [2.75, 3.05) is 25.6 Å². The quantitative estimate of drug-likeness (QED) is 0.756. The van der Waals surface area contributed by atoms with E-state index in [4.69, 9.17) is 4.74 Å². The Morgan fingerprint density at radius 2 is 2.06 bits per heavy atom. The van der Waals surface area contributed by atoms with E-state index in [-0.39, 0.29) is 11.9 Å². The van der Waals surface area contributed by atoms with Gasteiger partial charge in [-0.1, -0.05) is 18.2 Å². The Labute approximate surface area is 102 Å². The van der Waals surface area contributed by atoms with Gasteiger partial charge in [-0.05, 0) is 25.5 Å². The molecule has 0 heterocycles. The van der Waals surface area contributed by atoms with Gasteiger partial charge in [0.2, 0.25) is 5.91 Å². The molecule has 0 aromatic heterocycles. The maximum atomic E-state index is 11.6. The van der Waals surface area contributed by atoms with Crippen LogP contribution in [0, 0.1) is 0 Å². The van der Waals surface area contributed by atoms with E-state index in [1.54, 1.807) is 7.11 Å². The van der Waals surface area contributed by atoms with E-state index < -0.39 is 0 Å². The first-order valence-corrected chi connectivity index (χ1v) is 5.79. The van der Waals surface area contributed by atoms with Crippen molar-refractivity contribution in [1.82, 2.24) is 5.32 Å². The summed E-state index contributed by atoms with van der Waals surface area (Å²) < 4.78 is 4.96. The van der Waals surface area contributed by atoms with Gasteiger partial charge in [-0.3, -0.25) is 4.79 Å². The summed E-state index contributed by atoms with van der Waals surface area (Å²) in [6.07, 6.45) is 0.827. The van der Waals surface area contributed by atoms with Crippen molar-refractivity contribution >= 4 is 11.6 Å². The number of rotatable bonds is 7. The van der Waals surface area contributed by atoms with Crippen LogP contribution in [-0.2, 0) is 9.53 Å². The third-order valence-corrected chi connectivity index (χ3v) is 2.39. The molecular weight excluding hydrogens is 216 g/mol. The minimum atomic E-state index is -0.00236. The number of para-hydroxylation sites is 1. The number of hydrogen-bond acceptors (Lipinski definition) is 3. The predicted molar refractivity (Wildman–Crippen MR) is 69.0 cm³/mol. The Bertz CT molecular complexity index is 327. The number of amides is 1. The van der Waals surface area contributed by atoms with Gasteiger partial charge in [0.25, 0.3) is 0 Å². The van der Waals surface area contributed by atoms with Crippen LogP contribution in [0.3, 0.4) is 0 Å². The molecule has 0 aliphatic rings. The van der Waals surface area contributed by atoms with Crippen molar-refractivity contribution in [1.29, 1.82) is 0 Å². The van der Waals surface area contributed by atoms with Gasteiger partial charge in [-0.15, -0.1) is 0 Å². The zero-order chi connectivity index (χ0) is 12.5. The van der Waals surface area contributed by atoms with Gasteiger partial charge in [-0.25, -0.2) is 0 Å². The van der Waals surface area contributed by atoms with Crippen LogP contribution in [0.25, 0.3) is 0 Å². The predicted octanol–water partition coefficient (Wildman–Crippen LogP) is 1.64. The first kappa shape index (κ1) is 13.5. The molecule has 4 heteroatoms. The molecule has 0 spiro atoms. The van der Waals surface area contributed by atoms with Gasteiger partial charge in [0, 0.05) is 25.4 Å². The van der Waals surface area contributed by atoms with Gasteiger partial charge in [0.1, 0.15) is 0 Å². The molecule has 4 nitrogen and oxygen atoms in total. The summed E-state index contributed by atoms with van der Waals surface area (Å²) in [6.45, 7) is 2.92. The van der Waals surface area contributed by atoms with E-state index in [0.29, 0.717) is 13.2 Å². The summed E-state index contributed by atoms with van der Waals surface area (Å²) >= 11 is 0. The summed E-state index contributed by atoms with van der Waals surface area (Å²) in [7, 11) is 1.66. The summed E-state index contributed by atoms with van der Waals surface area (Å²) in [6, 6.07) is 9.81. The monoisotopic (exact) mass is 236 g/mol. The Kier molecular flexibility index (Phi) is 6.10. The van der Waals surface area contributed by atoms with E-state index in [1.807, 2.05) is 37.3 Å². The highest BCUT2D eigenvalue weighted by Gasteiger charge is 2.06. The number of carbonyl (C=O) groups excluding carboxylic acids is 1. The molecule has 0 saturated heterocycles. The lowest BCUT2D eigenvalue weighted by Crippen LogP contribution is -2.37. The molecule has 0 radical (unpaired) electrons.